The van der Waals surface area contributed by atoms with Crippen molar-refractivity contribution in [1.29, 1.82) is 0 Å². The van der Waals surface area contributed by atoms with Crippen molar-refractivity contribution in [1.82, 2.24) is 0 Å². The van der Waals surface area contributed by atoms with Gasteiger partial charge in [-0.15, -0.1) is 11.3 Å². The molecule has 7 heteroatoms. The van der Waals surface area contributed by atoms with Gasteiger partial charge in [-0.2, -0.15) is 0 Å². The highest BCUT2D eigenvalue weighted by Gasteiger charge is 2.09. The maximum atomic E-state index is 13.5. The number of carbonyl (C=O) groups is 2. The highest BCUT2D eigenvalue weighted by atomic mass is 35.5. The van der Waals surface area contributed by atoms with Crippen LogP contribution in [0.15, 0.2) is 41.8 Å². The third-order valence-corrected chi connectivity index (χ3v) is 3.55. The molecule has 2 aromatic rings. The number of ether oxygens (including phenoxy) is 1. The van der Waals surface area contributed by atoms with Crippen molar-refractivity contribution >= 4 is 46.6 Å². The third kappa shape index (κ3) is 4.98. The van der Waals surface area contributed by atoms with Gasteiger partial charge in [0.2, 0.25) is 0 Å². The van der Waals surface area contributed by atoms with Crippen LogP contribution in [0, 0.1) is 5.82 Å². The Hall–Kier alpha value is -2.18. The molecule has 1 amide bonds. The average molecular weight is 340 g/mol. The molecule has 0 fully saturated rings. The predicted octanol–water partition coefficient (Wildman–Crippen LogP) is 3.74. The summed E-state index contributed by atoms with van der Waals surface area (Å²) in [5.41, 5.74) is -0.0282. The van der Waals surface area contributed by atoms with Crippen LogP contribution in [-0.4, -0.2) is 18.5 Å². The molecule has 1 heterocycles. The Bertz CT molecular complexity index is 701. The first-order chi connectivity index (χ1) is 10.5. The highest BCUT2D eigenvalue weighted by molar-refractivity contribution is 7.10. The Morgan fingerprint density at radius 3 is 2.86 bits per heavy atom. The number of nitrogens with one attached hydrogen (secondary N) is 1. The van der Waals surface area contributed by atoms with Gasteiger partial charge in [0, 0.05) is 16.0 Å². The van der Waals surface area contributed by atoms with E-state index in [0.717, 1.165) is 10.9 Å². The minimum Gasteiger partial charge on any atom is -0.452 e. The molecule has 0 aliphatic carbocycles. The standard InChI is InChI=1S/C15H11ClFNO3S/c16-10-3-5-13(12(17)8-10)18-14(19)9-21-15(20)6-4-11-2-1-7-22-11/h1-8H,9H2,(H,18,19)/b6-4+. The van der Waals surface area contributed by atoms with E-state index in [-0.39, 0.29) is 10.7 Å². The number of esters is 1. The molecule has 1 aromatic carbocycles. The van der Waals surface area contributed by atoms with E-state index < -0.39 is 24.3 Å². The fourth-order valence-electron chi connectivity index (χ4n) is 1.50. The van der Waals surface area contributed by atoms with Crippen molar-refractivity contribution in [3.05, 3.63) is 57.5 Å². The number of rotatable bonds is 5. The van der Waals surface area contributed by atoms with Gasteiger partial charge >= 0.3 is 5.97 Å². The van der Waals surface area contributed by atoms with Gasteiger partial charge < -0.3 is 10.1 Å². The molecule has 0 saturated heterocycles. The van der Waals surface area contributed by atoms with Crippen LogP contribution in [0.5, 0.6) is 0 Å². The van der Waals surface area contributed by atoms with Crippen molar-refractivity contribution in [2.45, 2.75) is 0 Å². The quantitative estimate of drug-likeness (QED) is 0.667. The first-order valence-electron chi connectivity index (χ1n) is 6.18. The fourth-order valence-corrected chi connectivity index (χ4v) is 2.28. The lowest BCUT2D eigenvalue weighted by Gasteiger charge is -2.06. The molecule has 114 valence electrons. The number of halogens is 2. The van der Waals surface area contributed by atoms with Crippen LogP contribution in [-0.2, 0) is 14.3 Å². The fraction of sp³-hybridized carbons (Fsp3) is 0.0667. The molecule has 0 atom stereocenters. The Balaban J connectivity index is 1.81. The first-order valence-corrected chi connectivity index (χ1v) is 7.43. The molecule has 1 aromatic heterocycles. The van der Waals surface area contributed by atoms with Crippen molar-refractivity contribution < 1.29 is 18.7 Å². The van der Waals surface area contributed by atoms with E-state index >= 15 is 0 Å². The minimum atomic E-state index is -0.662. The van der Waals surface area contributed by atoms with Crippen LogP contribution in [0.3, 0.4) is 0 Å². The van der Waals surface area contributed by atoms with Gasteiger partial charge in [-0.3, -0.25) is 4.79 Å². The molecule has 0 aliphatic rings. The van der Waals surface area contributed by atoms with Gasteiger partial charge in [-0.1, -0.05) is 17.7 Å². The lowest BCUT2D eigenvalue weighted by molar-refractivity contribution is -0.142. The Kier molecular flexibility index (Phi) is 5.68. The summed E-state index contributed by atoms with van der Waals surface area (Å²) in [5, 5.41) is 4.39. The molecular formula is C15H11ClFNO3S. The van der Waals surface area contributed by atoms with E-state index in [9.17, 15) is 14.0 Å². The maximum absolute atomic E-state index is 13.5. The van der Waals surface area contributed by atoms with Crippen LogP contribution in [0.4, 0.5) is 10.1 Å². The van der Waals surface area contributed by atoms with Crippen molar-refractivity contribution in [3.63, 3.8) is 0 Å². The summed E-state index contributed by atoms with van der Waals surface area (Å²) in [6, 6.07) is 7.53. The van der Waals surface area contributed by atoms with E-state index in [1.54, 1.807) is 6.08 Å². The second-order valence-corrected chi connectivity index (χ2v) is 5.54. The first kappa shape index (κ1) is 16.2. The van der Waals surface area contributed by atoms with Crippen LogP contribution >= 0.6 is 22.9 Å². The van der Waals surface area contributed by atoms with Gasteiger partial charge in [0.25, 0.3) is 5.91 Å². The molecule has 0 aliphatic heterocycles. The summed E-state index contributed by atoms with van der Waals surface area (Å²) in [6.07, 6.45) is 2.81. The molecule has 0 bridgehead atoms. The van der Waals surface area contributed by atoms with Gasteiger partial charge in [-0.25, -0.2) is 9.18 Å². The molecule has 2 rings (SSSR count). The van der Waals surface area contributed by atoms with Gasteiger partial charge in [0.15, 0.2) is 6.61 Å². The number of benzene rings is 1. The Labute approximate surface area is 135 Å². The van der Waals surface area contributed by atoms with E-state index in [1.807, 2.05) is 17.5 Å². The van der Waals surface area contributed by atoms with Crippen LogP contribution < -0.4 is 5.32 Å². The smallest absolute Gasteiger partial charge is 0.331 e. The molecule has 0 spiro atoms. The molecular weight excluding hydrogens is 329 g/mol. The lowest BCUT2D eigenvalue weighted by atomic mass is 10.3. The number of thiophene rings is 1. The van der Waals surface area contributed by atoms with Crippen LogP contribution in [0.25, 0.3) is 6.08 Å². The summed E-state index contributed by atoms with van der Waals surface area (Å²) < 4.78 is 18.2. The second-order valence-electron chi connectivity index (χ2n) is 4.13. The SMILES string of the molecule is O=C(COC(=O)/C=C/c1cccs1)Nc1ccc(Cl)cc1F. The number of anilines is 1. The Morgan fingerprint density at radius 2 is 2.18 bits per heavy atom. The molecule has 0 unspecified atom stereocenters. The zero-order valence-corrected chi connectivity index (χ0v) is 12.8. The van der Waals surface area contributed by atoms with Gasteiger partial charge in [0.1, 0.15) is 5.82 Å². The summed E-state index contributed by atoms with van der Waals surface area (Å²) in [5.74, 6) is -1.95. The molecule has 4 nitrogen and oxygen atoms in total. The number of hydrogen-bond donors (Lipinski definition) is 1. The van der Waals surface area contributed by atoms with E-state index in [2.05, 4.69) is 5.32 Å². The maximum Gasteiger partial charge on any atom is 0.331 e. The number of hydrogen-bond acceptors (Lipinski definition) is 4. The zero-order chi connectivity index (χ0) is 15.9. The average Bonchev–Trinajstić information content (AvgIpc) is 2.99. The minimum absolute atomic E-state index is 0.0282. The van der Waals surface area contributed by atoms with E-state index in [0.29, 0.717) is 0 Å². The topological polar surface area (TPSA) is 55.4 Å². The van der Waals surface area contributed by atoms with Crippen molar-refractivity contribution in [3.8, 4) is 0 Å². The molecule has 0 radical (unpaired) electrons. The highest BCUT2D eigenvalue weighted by Crippen LogP contribution is 2.18. The summed E-state index contributed by atoms with van der Waals surface area (Å²) >= 11 is 7.07. The van der Waals surface area contributed by atoms with Gasteiger partial charge in [-0.05, 0) is 35.7 Å². The lowest BCUT2D eigenvalue weighted by Crippen LogP contribution is -2.20. The number of carbonyl (C=O) groups excluding carboxylic acids is 2. The third-order valence-electron chi connectivity index (χ3n) is 2.48. The summed E-state index contributed by atoms with van der Waals surface area (Å²) in [4.78, 5) is 23.9. The molecule has 22 heavy (non-hydrogen) atoms. The number of amides is 1. The summed E-state index contributed by atoms with van der Waals surface area (Å²) in [7, 11) is 0. The van der Waals surface area contributed by atoms with Crippen molar-refractivity contribution in [2.24, 2.45) is 0 Å². The van der Waals surface area contributed by atoms with Crippen LogP contribution in [0.1, 0.15) is 4.88 Å². The monoisotopic (exact) mass is 339 g/mol. The van der Waals surface area contributed by atoms with E-state index in [1.165, 1.54) is 29.5 Å². The van der Waals surface area contributed by atoms with Crippen molar-refractivity contribution in [2.75, 3.05) is 11.9 Å². The largest absolute Gasteiger partial charge is 0.452 e. The second kappa shape index (κ2) is 7.72. The normalized spacial score (nSPS) is 10.6. The molecule has 1 N–H and O–H groups in total. The Morgan fingerprint density at radius 1 is 1.36 bits per heavy atom. The predicted molar refractivity (Wildman–Crippen MR) is 84.4 cm³/mol. The van der Waals surface area contributed by atoms with E-state index in [4.69, 9.17) is 16.3 Å². The van der Waals surface area contributed by atoms with Crippen LogP contribution in [0.2, 0.25) is 5.02 Å². The van der Waals surface area contributed by atoms with Gasteiger partial charge in [0.05, 0.1) is 5.69 Å². The summed E-state index contributed by atoms with van der Waals surface area (Å²) in [6.45, 7) is -0.504. The molecule has 0 saturated carbocycles. The zero-order valence-electron chi connectivity index (χ0n) is 11.2.